The van der Waals surface area contributed by atoms with E-state index >= 15 is 0 Å². The predicted molar refractivity (Wildman–Crippen MR) is 59.8 cm³/mol. The van der Waals surface area contributed by atoms with Gasteiger partial charge in [-0.15, -0.1) is 10.2 Å². The Morgan fingerprint density at radius 2 is 2.06 bits per heavy atom. The number of nitrogens with zero attached hydrogens (tertiary/aromatic N) is 3. The van der Waals surface area contributed by atoms with Gasteiger partial charge in [-0.25, -0.2) is 0 Å². The van der Waals surface area contributed by atoms with Crippen LogP contribution < -0.4 is 5.73 Å². The molecule has 0 saturated heterocycles. The van der Waals surface area contributed by atoms with E-state index in [-0.39, 0.29) is 0 Å². The Morgan fingerprint density at radius 3 is 2.75 bits per heavy atom. The highest BCUT2D eigenvalue weighted by Gasteiger charge is 2.11. The molecule has 2 aromatic heterocycles. The molecule has 2 N–H and O–H groups in total. The molecular formula is C11H14N4O. The van der Waals surface area contributed by atoms with Crippen molar-refractivity contribution in [3.05, 3.63) is 29.4 Å². The van der Waals surface area contributed by atoms with E-state index in [9.17, 15) is 0 Å². The molecule has 0 aliphatic rings. The van der Waals surface area contributed by atoms with Crippen LogP contribution in [-0.2, 0) is 6.42 Å². The molecule has 16 heavy (non-hydrogen) atoms. The molecule has 0 aromatic carbocycles. The van der Waals surface area contributed by atoms with Crippen LogP contribution in [0.4, 0.5) is 0 Å². The Morgan fingerprint density at radius 1 is 1.25 bits per heavy atom. The van der Waals surface area contributed by atoms with Crippen molar-refractivity contribution >= 4 is 0 Å². The minimum absolute atomic E-state index is 0.507. The Bertz CT molecular complexity index is 492. The lowest BCUT2D eigenvalue weighted by molar-refractivity contribution is 0.506. The van der Waals surface area contributed by atoms with Gasteiger partial charge in [-0.3, -0.25) is 4.98 Å². The summed E-state index contributed by atoms with van der Waals surface area (Å²) in [6.45, 7) is 4.38. The maximum absolute atomic E-state index is 5.49. The molecule has 5 nitrogen and oxygen atoms in total. The number of hydrogen-bond acceptors (Lipinski definition) is 5. The number of rotatable bonds is 3. The zero-order valence-corrected chi connectivity index (χ0v) is 9.40. The van der Waals surface area contributed by atoms with Crippen LogP contribution in [0.3, 0.4) is 0 Å². The Labute approximate surface area is 93.7 Å². The summed E-state index contributed by atoms with van der Waals surface area (Å²) >= 11 is 0. The molecule has 0 aliphatic heterocycles. The first-order chi connectivity index (χ1) is 7.70. The molecule has 0 aliphatic carbocycles. The van der Waals surface area contributed by atoms with Crippen LogP contribution in [-0.4, -0.2) is 21.7 Å². The molecule has 2 rings (SSSR count). The standard InChI is InChI=1S/C11H14N4O/c1-7-3-4-9(8(2)13-7)11-15-14-10(16-11)5-6-12/h3-4H,5-6,12H2,1-2H3. The van der Waals surface area contributed by atoms with Gasteiger partial charge < -0.3 is 10.2 Å². The normalized spacial score (nSPS) is 10.7. The molecule has 2 aromatic rings. The van der Waals surface area contributed by atoms with Crippen molar-refractivity contribution in [2.24, 2.45) is 5.73 Å². The third-order valence-electron chi connectivity index (χ3n) is 2.28. The second-order valence-corrected chi connectivity index (χ2v) is 3.63. The van der Waals surface area contributed by atoms with E-state index in [2.05, 4.69) is 15.2 Å². The van der Waals surface area contributed by atoms with Gasteiger partial charge in [0.2, 0.25) is 11.8 Å². The minimum Gasteiger partial charge on any atom is -0.421 e. The van der Waals surface area contributed by atoms with Gasteiger partial charge in [-0.2, -0.15) is 0 Å². The highest BCUT2D eigenvalue weighted by molar-refractivity contribution is 5.55. The quantitative estimate of drug-likeness (QED) is 0.838. The highest BCUT2D eigenvalue weighted by atomic mass is 16.4. The van der Waals surface area contributed by atoms with E-state index < -0.39 is 0 Å². The second kappa shape index (κ2) is 4.40. The fraction of sp³-hybridized carbons (Fsp3) is 0.364. The van der Waals surface area contributed by atoms with Gasteiger partial charge in [0.05, 0.1) is 11.3 Å². The number of hydrogen-bond donors (Lipinski definition) is 1. The fourth-order valence-corrected chi connectivity index (χ4v) is 1.50. The van der Waals surface area contributed by atoms with Gasteiger partial charge in [0.25, 0.3) is 0 Å². The molecule has 0 unspecified atom stereocenters. The molecule has 84 valence electrons. The van der Waals surface area contributed by atoms with E-state index in [1.54, 1.807) is 0 Å². The smallest absolute Gasteiger partial charge is 0.249 e. The van der Waals surface area contributed by atoms with Crippen LogP contribution in [0.25, 0.3) is 11.5 Å². The lowest BCUT2D eigenvalue weighted by Gasteiger charge is -2.00. The summed E-state index contributed by atoms with van der Waals surface area (Å²) in [7, 11) is 0. The average molecular weight is 218 g/mol. The zero-order valence-electron chi connectivity index (χ0n) is 9.40. The summed E-state index contributed by atoms with van der Waals surface area (Å²) < 4.78 is 5.49. The van der Waals surface area contributed by atoms with Crippen molar-refractivity contribution in [2.45, 2.75) is 20.3 Å². The third kappa shape index (κ3) is 2.09. The lowest BCUT2D eigenvalue weighted by Crippen LogP contribution is -2.02. The number of pyridine rings is 1. The van der Waals surface area contributed by atoms with Crippen LogP contribution in [0.2, 0.25) is 0 Å². The number of aryl methyl sites for hydroxylation is 2. The van der Waals surface area contributed by atoms with Crippen molar-refractivity contribution in [1.82, 2.24) is 15.2 Å². The molecule has 0 saturated carbocycles. The largest absolute Gasteiger partial charge is 0.421 e. The summed E-state index contributed by atoms with van der Waals surface area (Å²) in [4.78, 5) is 4.35. The van der Waals surface area contributed by atoms with Gasteiger partial charge in [0.1, 0.15) is 0 Å². The second-order valence-electron chi connectivity index (χ2n) is 3.63. The van der Waals surface area contributed by atoms with Crippen LogP contribution in [0.15, 0.2) is 16.5 Å². The van der Waals surface area contributed by atoms with Crippen LogP contribution >= 0.6 is 0 Å². The lowest BCUT2D eigenvalue weighted by atomic mass is 10.2. The molecule has 0 bridgehead atoms. The number of aromatic nitrogens is 3. The monoisotopic (exact) mass is 218 g/mol. The Balaban J connectivity index is 2.35. The van der Waals surface area contributed by atoms with Gasteiger partial charge in [0, 0.05) is 18.7 Å². The molecule has 5 heteroatoms. The SMILES string of the molecule is Cc1ccc(-c2nnc(CCN)o2)c(C)n1. The zero-order chi connectivity index (χ0) is 11.5. The van der Waals surface area contributed by atoms with E-state index in [0.29, 0.717) is 24.7 Å². The molecule has 0 spiro atoms. The van der Waals surface area contributed by atoms with E-state index in [0.717, 1.165) is 17.0 Å². The van der Waals surface area contributed by atoms with Crippen molar-refractivity contribution in [1.29, 1.82) is 0 Å². The maximum Gasteiger partial charge on any atom is 0.249 e. The van der Waals surface area contributed by atoms with E-state index in [4.69, 9.17) is 10.2 Å². The Hall–Kier alpha value is -1.75. The first-order valence-corrected chi connectivity index (χ1v) is 5.18. The van der Waals surface area contributed by atoms with E-state index in [1.807, 2.05) is 26.0 Å². The van der Waals surface area contributed by atoms with Gasteiger partial charge in [-0.1, -0.05) is 0 Å². The maximum atomic E-state index is 5.49. The van der Waals surface area contributed by atoms with Crippen LogP contribution in [0.5, 0.6) is 0 Å². The third-order valence-corrected chi connectivity index (χ3v) is 2.28. The minimum atomic E-state index is 0.507. The predicted octanol–water partition coefficient (Wildman–Crippen LogP) is 1.25. The first kappa shape index (κ1) is 10.8. The average Bonchev–Trinajstić information content (AvgIpc) is 2.67. The first-order valence-electron chi connectivity index (χ1n) is 5.18. The highest BCUT2D eigenvalue weighted by Crippen LogP contribution is 2.20. The molecule has 0 amide bonds. The summed E-state index contributed by atoms with van der Waals surface area (Å²) in [6.07, 6.45) is 0.603. The summed E-state index contributed by atoms with van der Waals surface area (Å²) in [6, 6.07) is 3.87. The van der Waals surface area contributed by atoms with Crippen molar-refractivity contribution in [3.63, 3.8) is 0 Å². The van der Waals surface area contributed by atoms with Crippen molar-refractivity contribution < 1.29 is 4.42 Å². The molecule has 0 radical (unpaired) electrons. The summed E-state index contributed by atoms with van der Waals surface area (Å²) in [5.74, 6) is 1.07. The molecular weight excluding hydrogens is 204 g/mol. The van der Waals surface area contributed by atoms with Crippen LogP contribution in [0.1, 0.15) is 17.3 Å². The fourth-order valence-electron chi connectivity index (χ4n) is 1.50. The topological polar surface area (TPSA) is 77.8 Å². The van der Waals surface area contributed by atoms with E-state index in [1.165, 1.54) is 0 Å². The van der Waals surface area contributed by atoms with Crippen molar-refractivity contribution in [3.8, 4) is 11.5 Å². The summed E-state index contributed by atoms with van der Waals surface area (Å²) in [5, 5.41) is 7.90. The molecule has 0 atom stereocenters. The van der Waals surface area contributed by atoms with Gasteiger partial charge in [-0.05, 0) is 26.0 Å². The molecule has 2 heterocycles. The van der Waals surface area contributed by atoms with Crippen molar-refractivity contribution in [2.75, 3.05) is 6.54 Å². The molecule has 0 fully saturated rings. The summed E-state index contributed by atoms with van der Waals surface area (Å²) in [5.41, 5.74) is 8.16. The van der Waals surface area contributed by atoms with Gasteiger partial charge >= 0.3 is 0 Å². The van der Waals surface area contributed by atoms with Crippen LogP contribution in [0, 0.1) is 13.8 Å². The Kier molecular flexibility index (Phi) is 2.96. The number of nitrogens with two attached hydrogens (primary N) is 1. The van der Waals surface area contributed by atoms with Gasteiger partial charge in [0.15, 0.2) is 0 Å².